The number of aromatic nitrogens is 2. The van der Waals surface area contributed by atoms with E-state index in [1.54, 1.807) is 0 Å². The van der Waals surface area contributed by atoms with E-state index in [0.717, 1.165) is 43.7 Å². The number of nitrogens with zero attached hydrogens (tertiary/aromatic N) is 2. The third-order valence-corrected chi connectivity index (χ3v) is 21.9. The van der Waals surface area contributed by atoms with Crippen LogP contribution in [0.15, 0.2) is 211 Å². The molecule has 0 saturated heterocycles. The number of para-hydroxylation sites is 2. The summed E-state index contributed by atoms with van der Waals surface area (Å²) in [6, 6.07) is 70.9. The van der Waals surface area contributed by atoms with Gasteiger partial charge >= 0.3 is 0 Å². The van der Waals surface area contributed by atoms with Crippen molar-refractivity contribution in [2.75, 3.05) is 0 Å². The zero-order chi connectivity index (χ0) is 42.6. The van der Waals surface area contributed by atoms with Crippen LogP contribution in [-0.4, -0.2) is 18.0 Å². The van der Waals surface area contributed by atoms with E-state index in [9.17, 15) is 0 Å². The Morgan fingerprint density at radius 1 is 0.354 bits per heavy atom. The summed E-state index contributed by atoms with van der Waals surface area (Å²) in [5.41, 5.74) is 6.56. The first-order chi connectivity index (χ1) is 32.2. The largest absolute Gasteiger partial charge is 0.455 e. The van der Waals surface area contributed by atoms with Gasteiger partial charge < -0.3 is 4.42 Å². The molecule has 0 fully saturated rings. The Kier molecular flexibility index (Phi) is 8.21. The van der Waals surface area contributed by atoms with Crippen LogP contribution in [0.4, 0.5) is 0 Å². The monoisotopic (exact) mass is 898 g/mol. The summed E-state index contributed by atoms with van der Waals surface area (Å²) in [5, 5.41) is 14.6. The van der Waals surface area contributed by atoms with Gasteiger partial charge in [0, 0.05) is 79.8 Å². The van der Waals surface area contributed by atoms with Crippen LogP contribution >= 0.6 is 34.0 Å². The Bertz CT molecular complexity index is 3930. The molecule has 0 bridgehead atoms. The summed E-state index contributed by atoms with van der Waals surface area (Å²) in [6.45, 7) is 0. The number of rotatable bonds is 6. The molecule has 0 aliphatic heterocycles. The molecule has 6 heterocycles. The maximum Gasteiger partial charge on any atom is 0.227 e. The molecule has 65 heavy (non-hydrogen) atoms. The van der Waals surface area contributed by atoms with Crippen LogP contribution in [0.3, 0.4) is 0 Å². The number of benzene rings is 8. The summed E-state index contributed by atoms with van der Waals surface area (Å²) >= 11 is 5.60. The average molecular weight is 899 g/mol. The lowest BCUT2D eigenvalue weighted by Gasteiger charge is -2.32. The van der Waals surface area contributed by atoms with Crippen LogP contribution in [0, 0.1) is 0 Å². The molecule has 8 aromatic carbocycles. The topological polar surface area (TPSA) is 38.9 Å². The molecular formula is C58H34N2OS3Si. The standard InChI is InChI=1S/C58H34N2OS3Si/c1-3-13-37(14-4-1)65(38-15-5-2-6-16-38,57-55-45(29-31-59-57)47-33-35(25-27-51(47)63-55)39-19-11-21-43-41-17-7-9-23-49(41)61-53(39)43)58-56-46(30-32-60-58)48-34-36(26-28-52(48)64-56)40-20-12-22-44-42-18-8-10-24-50(42)62-54(40)44/h1-34H. The van der Waals surface area contributed by atoms with Crippen LogP contribution in [0.2, 0.25) is 0 Å². The minimum absolute atomic E-state index is 0.906. The second kappa shape index (κ2) is 14.4. The highest BCUT2D eigenvalue weighted by molar-refractivity contribution is 7.33. The summed E-state index contributed by atoms with van der Waals surface area (Å²) in [5.74, 6) is 0. The Hall–Kier alpha value is -7.26. The van der Waals surface area contributed by atoms with Crippen molar-refractivity contribution in [3.8, 4) is 22.3 Å². The van der Waals surface area contributed by atoms with Gasteiger partial charge in [-0.2, -0.15) is 0 Å². The van der Waals surface area contributed by atoms with Gasteiger partial charge in [0.15, 0.2) is 0 Å². The van der Waals surface area contributed by atoms with Gasteiger partial charge in [-0.3, -0.25) is 9.97 Å². The maximum atomic E-state index is 6.54. The Morgan fingerprint density at radius 3 is 1.51 bits per heavy atom. The molecule has 6 aromatic heterocycles. The van der Waals surface area contributed by atoms with Crippen molar-refractivity contribution < 1.29 is 4.42 Å². The van der Waals surface area contributed by atoms with Crippen LogP contribution in [0.5, 0.6) is 0 Å². The summed E-state index contributed by atoms with van der Waals surface area (Å²) in [7, 11) is -3.23. The Balaban J connectivity index is 1.02. The molecule has 304 valence electrons. The number of hydrogen-bond donors (Lipinski definition) is 0. The molecule has 0 aliphatic carbocycles. The van der Waals surface area contributed by atoms with Gasteiger partial charge in [-0.25, -0.2) is 0 Å². The molecule has 3 nitrogen and oxygen atoms in total. The van der Waals surface area contributed by atoms with Gasteiger partial charge in [0.2, 0.25) is 8.07 Å². The van der Waals surface area contributed by atoms with Crippen molar-refractivity contribution >= 4 is 146 Å². The molecule has 0 radical (unpaired) electrons. The van der Waals surface area contributed by atoms with Crippen LogP contribution in [-0.2, 0) is 0 Å². The van der Waals surface area contributed by atoms with Crippen molar-refractivity contribution in [1.29, 1.82) is 0 Å². The van der Waals surface area contributed by atoms with Crippen LogP contribution in [0.1, 0.15) is 0 Å². The molecule has 0 aliphatic rings. The van der Waals surface area contributed by atoms with Gasteiger partial charge in [0.05, 0.1) is 20.0 Å². The lowest BCUT2D eigenvalue weighted by Crippen LogP contribution is -2.76. The zero-order valence-corrected chi connectivity index (χ0v) is 38.1. The van der Waals surface area contributed by atoms with E-state index in [-0.39, 0.29) is 0 Å². The lowest BCUT2D eigenvalue weighted by atomic mass is 10.0. The zero-order valence-electron chi connectivity index (χ0n) is 34.7. The third kappa shape index (κ3) is 5.44. The van der Waals surface area contributed by atoms with Crippen molar-refractivity contribution in [2.24, 2.45) is 0 Å². The van der Waals surface area contributed by atoms with Crippen LogP contribution < -0.4 is 21.0 Å². The number of fused-ring (bicyclic) bond motifs is 12. The summed E-state index contributed by atoms with van der Waals surface area (Å²) < 4.78 is 14.1. The van der Waals surface area contributed by atoms with Crippen molar-refractivity contribution in [2.45, 2.75) is 0 Å². The molecule has 14 rings (SSSR count). The van der Waals surface area contributed by atoms with Gasteiger partial charge in [-0.05, 0) is 75.6 Å². The highest BCUT2D eigenvalue weighted by atomic mass is 32.1. The summed E-state index contributed by atoms with van der Waals surface area (Å²) in [6.07, 6.45) is 4.09. The molecule has 0 saturated carbocycles. The maximum absolute atomic E-state index is 6.54. The first-order valence-electron chi connectivity index (χ1n) is 21.8. The summed E-state index contributed by atoms with van der Waals surface area (Å²) in [4.78, 5) is 11.1. The van der Waals surface area contributed by atoms with Gasteiger partial charge in [0.1, 0.15) is 11.2 Å². The molecule has 0 amide bonds. The molecule has 7 heteroatoms. The first kappa shape index (κ1) is 37.1. The first-order valence-corrected chi connectivity index (χ1v) is 26.2. The van der Waals surface area contributed by atoms with Crippen molar-refractivity contribution in [1.82, 2.24) is 9.97 Å². The number of pyridine rings is 2. The van der Waals surface area contributed by atoms with E-state index in [4.69, 9.17) is 14.4 Å². The second-order valence-electron chi connectivity index (χ2n) is 16.7. The fourth-order valence-electron chi connectivity index (χ4n) is 10.4. The fraction of sp³-hybridized carbons (Fsp3) is 0. The lowest BCUT2D eigenvalue weighted by molar-refractivity contribution is 0.670. The van der Waals surface area contributed by atoms with E-state index in [2.05, 4.69) is 188 Å². The Morgan fingerprint density at radius 2 is 0.846 bits per heavy atom. The molecule has 0 atom stereocenters. The smallest absolute Gasteiger partial charge is 0.227 e. The van der Waals surface area contributed by atoms with Gasteiger partial charge in [-0.15, -0.1) is 34.0 Å². The quantitative estimate of drug-likeness (QED) is 0.156. The molecule has 14 aromatic rings. The minimum Gasteiger partial charge on any atom is -0.455 e. The van der Waals surface area contributed by atoms with E-state index in [1.807, 2.05) is 52.5 Å². The second-order valence-corrected chi connectivity index (χ2v) is 23.5. The predicted octanol–water partition coefficient (Wildman–Crippen LogP) is 14.2. The van der Waals surface area contributed by atoms with E-state index in [0.29, 0.717) is 0 Å². The third-order valence-electron chi connectivity index (χ3n) is 13.3. The van der Waals surface area contributed by atoms with Crippen LogP contribution in [0.25, 0.3) is 105 Å². The Labute approximate surface area is 386 Å². The van der Waals surface area contributed by atoms with Crippen molar-refractivity contribution in [3.05, 3.63) is 207 Å². The minimum atomic E-state index is -3.23. The number of thiophene rings is 3. The average Bonchev–Trinajstić information content (AvgIpc) is 4.15. The molecule has 0 spiro atoms. The highest BCUT2D eigenvalue weighted by Gasteiger charge is 2.47. The molecule has 0 unspecified atom stereocenters. The molecule has 0 N–H and O–H groups in total. The normalized spacial score (nSPS) is 12.3. The fourth-order valence-corrected chi connectivity index (χ4v) is 19.6. The van der Waals surface area contributed by atoms with E-state index in [1.165, 1.54) is 82.0 Å². The highest BCUT2D eigenvalue weighted by Crippen LogP contribution is 2.44. The van der Waals surface area contributed by atoms with E-state index >= 15 is 0 Å². The SMILES string of the molecule is c1ccc([Si](c2ccccc2)(c2nccc3c2sc2ccc(-c4cccc5c4oc4ccccc45)cc23)c2nccc3c2sc2ccc(-c4cccc5c4sc4ccccc45)cc23)cc1. The van der Waals surface area contributed by atoms with E-state index < -0.39 is 8.07 Å². The molecular weight excluding hydrogens is 865 g/mol. The number of hydrogen-bond acceptors (Lipinski definition) is 6. The van der Waals surface area contributed by atoms with Gasteiger partial charge in [0.25, 0.3) is 0 Å². The van der Waals surface area contributed by atoms with Gasteiger partial charge in [-0.1, -0.05) is 146 Å². The van der Waals surface area contributed by atoms with Crippen molar-refractivity contribution in [3.63, 3.8) is 0 Å². The number of furan rings is 1. The predicted molar refractivity (Wildman–Crippen MR) is 282 cm³/mol.